The van der Waals surface area contributed by atoms with Crippen LogP contribution in [-0.4, -0.2) is 17.6 Å². The lowest BCUT2D eigenvalue weighted by molar-refractivity contribution is 0.227. The Morgan fingerprint density at radius 1 is 1.44 bits per heavy atom. The van der Waals surface area contributed by atoms with Gasteiger partial charge in [0, 0.05) is 30.6 Å². The predicted molar refractivity (Wildman–Crippen MR) is 73.1 cm³/mol. The van der Waals surface area contributed by atoms with Crippen LogP contribution in [0.4, 0.5) is 0 Å². The van der Waals surface area contributed by atoms with Crippen LogP contribution < -0.4 is 10.1 Å². The molecule has 0 saturated heterocycles. The Morgan fingerprint density at radius 3 is 3.11 bits per heavy atom. The summed E-state index contributed by atoms with van der Waals surface area (Å²) in [7, 11) is 0. The van der Waals surface area contributed by atoms with Gasteiger partial charge in [0.15, 0.2) is 0 Å². The number of aromatic nitrogens is 1. The van der Waals surface area contributed by atoms with Crippen molar-refractivity contribution in [2.75, 3.05) is 6.54 Å². The van der Waals surface area contributed by atoms with Gasteiger partial charge in [-0.3, -0.25) is 0 Å². The molecule has 0 fully saturated rings. The van der Waals surface area contributed by atoms with Crippen molar-refractivity contribution in [1.82, 2.24) is 10.3 Å². The van der Waals surface area contributed by atoms with Gasteiger partial charge in [-0.05, 0) is 18.6 Å². The van der Waals surface area contributed by atoms with Crippen molar-refractivity contribution < 1.29 is 4.74 Å². The lowest BCUT2D eigenvalue weighted by Gasteiger charge is -2.10. The number of rotatable bonds is 4. The summed E-state index contributed by atoms with van der Waals surface area (Å²) in [6.07, 6.45) is 1.25. The first-order valence-electron chi connectivity index (χ1n) is 6.17. The van der Waals surface area contributed by atoms with Crippen molar-refractivity contribution in [2.45, 2.75) is 26.0 Å². The quantitative estimate of drug-likeness (QED) is 0.917. The highest BCUT2D eigenvalue weighted by molar-refractivity contribution is 7.09. The summed E-state index contributed by atoms with van der Waals surface area (Å²) in [4.78, 5) is 4.43. The van der Waals surface area contributed by atoms with Crippen LogP contribution in [0.3, 0.4) is 0 Å². The Labute approximate surface area is 111 Å². The lowest BCUT2D eigenvalue weighted by atomic mass is 10.1. The fraction of sp³-hybridized carbons (Fsp3) is 0.357. The molecule has 3 rings (SSSR count). The van der Waals surface area contributed by atoms with E-state index in [0.717, 1.165) is 36.0 Å². The maximum atomic E-state index is 5.87. The number of nitrogens with one attached hydrogen (secondary N) is 1. The van der Waals surface area contributed by atoms with Crippen LogP contribution >= 0.6 is 11.3 Å². The van der Waals surface area contributed by atoms with E-state index in [4.69, 9.17) is 4.74 Å². The van der Waals surface area contributed by atoms with Crippen molar-refractivity contribution in [3.8, 4) is 5.75 Å². The number of fused-ring (bicyclic) bond motifs is 1. The molecule has 0 bridgehead atoms. The number of aryl methyl sites for hydroxylation is 1. The average Bonchev–Trinajstić information content (AvgIpc) is 2.95. The first-order valence-corrected chi connectivity index (χ1v) is 7.05. The van der Waals surface area contributed by atoms with Gasteiger partial charge in [-0.25, -0.2) is 4.98 Å². The molecule has 4 heteroatoms. The summed E-state index contributed by atoms with van der Waals surface area (Å²) in [5.74, 6) is 1.04. The topological polar surface area (TPSA) is 34.1 Å². The highest BCUT2D eigenvalue weighted by atomic mass is 32.1. The number of hydrogen-bond acceptors (Lipinski definition) is 4. The molecule has 3 nitrogen and oxygen atoms in total. The first kappa shape index (κ1) is 11.7. The Hall–Kier alpha value is -1.39. The molecule has 0 aliphatic carbocycles. The summed E-state index contributed by atoms with van der Waals surface area (Å²) < 4.78 is 5.87. The van der Waals surface area contributed by atoms with Crippen LogP contribution in [0.2, 0.25) is 0 Å². The summed E-state index contributed by atoms with van der Waals surface area (Å²) in [6.45, 7) is 3.72. The maximum Gasteiger partial charge on any atom is 0.123 e. The van der Waals surface area contributed by atoms with Gasteiger partial charge in [-0.15, -0.1) is 11.3 Å². The number of benzene rings is 1. The van der Waals surface area contributed by atoms with Crippen LogP contribution in [0.15, 0.2) is 29.6 Å². The average molecular weight is 260 g/mol. The standard InChI is InChI=1S/C14H16N2OS/c1-10-9-18-14(16-10)8-15-7-12-6-11-4-2-3-5-13(11)17-12/h2-5,9,12,15H,6-8H2,1H3. The minimum Gasteiger partial charge on any atom is -0.488 e. The molecular formula is C14H16N2OS. The third-order valence-electron chi connectivity index (χ3n) is 3.03. The van der Waals surface area contributed by atoms with E-state index in [0.29, 0.717) is 0 Å². The van der Waals surface area contributed by atoms with Gasteiger partial charge in [-0.1, -0.05) is 18.2 Å². The van der Waals surface area contributed by atoms with Crippen molar-refractivity contribution >= 4 is 11.3 Å². The Kier molecular flexibility index (Phi) is 3.30. The third-order valence-corrected chi connectivity index (χ3v) is 4.00. The fourth-order valence-electron chi connectivity index (χ4n) is 2.19. The van der Waals surface area contributed by atoms with E-state index in [1.807, 2.05) is 19.1 Å². The molecule has 0 radical (unpaired) electrons. The second kappa shape index (κ2) is 5.08. The fourth-order valence-corrected chi connectivity index (χ4v) is 2.93. The van der Waals surface area contributed by atoms with Crippen LogP contribution in [0.1, 0.15) is 16.3 Å². The molecule has 18 heavy (non-hydrogen) atoms. The Balaban J connectivity index is 1.48. The molecule has 1 aliphatic rings. The molecule has 94 valence electrons. The molecular weight excluding hydrogens is 244 g/mol. The van der Waals surface area contributed by atoms with Gasteiger partial charge < -0.3 is 10.1 Å². The van der Waals surface area contributed by atoms with Crippen molar-refractivity contribution in [2.24, 2.45) is 0 Å². The summed E-state index contributed by atoms with van der Waals surface area (Å²) >= 11 is 1.70. The SMILES string of the molecule is Cc1csc(CNCC2Cc3ccccc3O2)n1. The van der Waals surface area contributed by atoms with Crippen LogP contribution in [0.25, 0.3) is 0 Å². The molecule has 0 saturated carbocycles. The smallest absolute Gasteiger partial charge is 0.123 e. The maximum absolute atomic E-state index is 5.87. The number of para-hydroxylation sites is 1. The molecule has 0 spiro atoms. The summed E-state index contributed by atoms with van der Waals surface area (Å²) in [6, 6.07) is 8.27. The second-order valence-corrected chi connectivity index (χ2v) is 5.51. The highest BCUT2D eigenvalue weighted by Gasteiger charge is 2.21. The highest BCUT2D eigenvalue weighted by Crippen LogP contribution is 2.27. The zero-order valence-corrected chi connectivity index (χ0v) is 11.2. The van der Waals surface area contributed by atoms with Crippen LogP contribution in [0, 0.1) is 6.92 Å². The monoisotopic (exact) mass is 260 g/mol. The van der Waals surface area contributed by atoms with Gasteiger partial charge in [0.05, 0.1) is 0 Å². The molecule has 0 amide bonds. The second-order valence-electron chi connectivity index (χ2n) is 4.57. The van der Waals surface area contributed by atoms with E-state index in [-0.39, 0.29) is 6.10 Å². The zero-order valence-electron chi connectivity index (χ0n) is 10.3. The van der Waals surface area contributed by atoms with E-state index in [2.05, 4.69) is 27.8 Å². The molecule has 1 aromatic carbocycles. The minimum absolute atomic E-state index is 0.253. The number of hydrogen-bond donors (Lipinski definition) is 1. The van der Waals surface area contributed by atoms with Gasteiger partial charge in [0.1, 0.15) is 16.9 Å². The van der Waals surface area contributed by atoms with Gasteiger partial charge in [0.2, 0.25) is 0 Å². The molecule has 1 N–H and O–H groups in total. The number of nitrogens with zero attached hydrogens (tertiary/aromatic N) is 1. The number of thiazole rings is 1. The van der Waals surface area contributed by atoms with E-state index >= 15 is 0 Å². The molecule has 2 heterocycles. The third kappa shape index (κ3) is 2.54. The Morgan fingerprint density at radius 2 is 2.33 bits per heavy atom. The minimum atomic E-state index is 0.253. The first-order chi connectivity index (χ1) is 8.81. The normalized spacial score (nSPS) is 17.5. The largest absolute Gasteiger partial charge is 0.488 e. The van der Waals surface area contributed by atoms with E-state index in [1.54, 1.807) is 11.3 Å². The molecule has 1 unspecified atom stereocenters. The summed E-state index contributed by atoms with van der Waals surface area (Å²) in [5, 5.41) is 6.64. The molecule has 1 aromatic heterocycles. The van der Waals surface area contributed by atoms with Crippen molar-refractivity contribution in [1.29, 1.82) is 0 Å². The molecule has 2 aromatic rings. The van der Waals surface area contributed by atoms with Crippen LogP contribution in [0.5, 0.6) is 5.75 Å². The van der Waals surface area contributed by atoms with Crippen LogP contribution in [-0.2, 0) is 13.0 Å². The van der Waals surface area contributed by atoms with Gasteiger partial charge in [0.25, 0.3) is 0 Å². The predicted octanol–water partition coefficient (Wildman–Crippen LogP) is 2.54. The van der Waals surface area contributed by atoms with Gasteiger partial charge >= 0.3 is 0 Å². The van der Waals surface area contributed by atoms with Gasteiger partial charge in [-0.2, -0.15) is 0 Å². The van der Waals surface area contributed by atoms with E-state index < -0.39 is 0 Å². The Bertz CT molecular complexity index is 513. The zero-order chi connectivity index (χ0) is 12.4. The van der Waals surface area contributed by atoms with E-state index in [9.17, 15) is 0 Å². The van der Waals surface area contributed by atoms with Crippen molar-refractivity contribution in [3.05, 3.63) is 45.9 Å². The van der Waals surface area contributed by atoms with E-state index in [1.165, 1.54) is 5.56 Å². The lowest BCUT2D eigenvalue weighted by Crippen LogP contribution is -2.29. The summed E-state index contributed by atoms with van der Waals surface area (Å²) in [5.41, 5.74) is 2.41. The number of ether oxygens (including phenoxy) is 1. The molecule has 1 aliphatic heterocycles. The van der Waals surface area contributed by atoms with Crippen molar-refractivity contribution in [3.63, 3.8) is 0 Å². The molecule has 1 atom stereocenters.